The highest BCUT2D eigenvalue weighted by atomic mass is 16.5. The van der Waals surface area contributed by atoms with E-state index in [1.54, 1.807) is 6.07 Å². The van der Waals surface area contributed by atoms with Crippen LogP contribution in [0, 0.1) is 0 Å². The number of methoxy groups -OCH3 is 1. The zero-order valence-corrected chi connectivity index (χ0v) is 9.28. The van der Waals surface area contributed by atoms with Gasteiger partial charge in [0.05, 0.1) is 7.11 Å². The van der Waals surface area contributed by atoms with Crippen molar-refractivity contribution in [3.8, 4) is 11.5 Å². The van der Waals surface area contributed by atoms with Crippen molar-refractivity contribution in [2.45, 2.75) is 6.42 Å². The van der Waals surface area contributed by atoms with E-state index in [2.05, 4.69) is 5.32 Å². The first-order valence-corrected chi connectivity index (χ1v) is 4.88. The Labute approximate surface area is 93.7 Å². The highest BCUT2D eigenvalue weighted by Crippen LogP contribution is 2.31. The predicted molar refractivity (Wildman–Crippen MR) is 59.2 cm³/mol. The van der Waals surface area contributed by atoms with E-state index >= 15 is 0 Å². The zero-order valence-electron chi connectivity index (χ0n) is 9.28. The summed E-state index contributed by atoms with van der Waals surface area (Å²) in [6.07, 6.45) is 0.674. The first kappa shape index (κ1) is 12.3. The molecule has 3 N–H and O–H groups in total. The molecule has 0 amide bonds. The number of rotatable bonds is 5. The van der Waals surface area contributed by atoms with Gasteiger partial charge in [-0.2, -0.15) is 0 Å². The minimum absolute atomic E-state index is 0.134. The standard InChI is InChI=1S/C11H15NO4/c1-12-4-3-7-5-8(11(14)15)10(13)9(6-7)16-2/h5-6,12-13H,3-4H2,1-2H3,(H,14,15). The van der Waals surface area contributed by atoms with Crippen LogP contribution in [0.4, 0.5) is 0 Å². The summed E-state index contributed by atoms with van der Waals surface area (Å²) in [4.78, 5) is 10.9. The summed E-state index contributed by atoms with van der Waals surface area (Å²) in [6.45, 7) is 0.729. The van der Waals surface area contributed by atoms with Gasteiger partial charge in [-0.25, -0.2) is 4.79 Å². The SMILES string of the molecule is CNCCc1cc(OC)c(O)c(C(=O)O)c1. The van der Waals surface area contributed by atoms with Gasteiger partial charge in [-0.15, -0.1) is 0 Å². The summed E-state index contributed by atoms with van der Waals surface area (Å²) in [7, 11) is 3.21. The zero-order chi connectivity index (χ0) is 12.1. The maximum atomic E-state index is 10.9. The average Bonchev–Trinajstić information content (AvgIpc) is 2.27. The van der Waals surface area contributed by atoms with Crippen LogP contribution in [0.5, 0.6) is 11.5 Å². The van der Waals surface area contributed by atoms with E-state index in [0.29, 0.717) is 6.42 Å². The largest absolute Gasteiger partial charge is 0.504 e. The number of aromatic carboxylic acids is 1. The molecular formula is C11H15NO4. The van der Waals surface area contributed by atoms with Gasteiger partial charge in [-0.05, 0) is 37.7 Å². The summed E-state index contributed by atoms with van der Waals surface area (Å²) >= 11 is 0. The number of phenols is 1. The molecule has 0 bridgehead atoms. The fourth-order valence-electron chi connectivity index (χ4n) is 1.40. The van der Waals surface area contributed by atoms with Crippen LogP contribution < -0.4 is 10.1 Å². The molecule has 0 aliphatic carbocycles. The van der Waals surface area contributed by atoms with Gasteiger partial charge in [0.25, 0.3) is 0 Å². The Kier molecular flexibility index (Phi) is 4.13. The van der Waals surface area contributed by atoms with Crippen LogP contribution in [-0.4, -0.2) is 36.9 Å². The van der Waals surface area contributed by atoms with Gasteiger partial charge >= 0.3 is 5.97 Å². The maximum absolute atomic E-state index is 10.9. The van der Waals surface area contributed by atoms with Crippen molar-refractivity contribution < 1.29 is 19.7 Å². The molecule has 88 valence electrons. The van der Waals surface area contributed by atoms with Crippen LogP contribution in [0.2, 0.25) is 0 Å². The van der Waals surface area contributed by atoms with E-state index in [4.69, 9.17) is 9.84 Å². The third kappa shape index (κ3) is 2.64. The number of carboxylic acid groups (broad SMARTS) is 1. The number of carbonyl (C=O) groups is 1. The summed E-state index contributed by atoms with van der Waals surface area (Å²) in [5, 5.41) is 21.5. The van der Waals surface area contributed by atoms with Crippen LogP contribution in [0.25, 0.3) is 0 Å². The molecule has 0 unspecified atom stereocenters. The molecule has 1 rings (SSSR count). The third-order valence-electron chi connectivity index (χ3n) is 2.25. The van der Waals surface area contributed by atoms with Crippen molar-refractivity contribution in [1.82, 2.24) is 5.32 Å². The van der Waals surface area contributed by atoms with Gasteiger partial charge in [0.15, 0.2) is 11.5 Å². The molecule has 0 spiro atoms. The van der Waals surface area contributed by atoms with E-state index in [9.17, 15) is 9.90 Å². The molecule has 5 nitrogen and oxygen atoms in total. The van der Waals surface area contributed by atoms with Crippen molar-refractivity contribution in [3.63, 3.8) is 0 Å². The minimum atomic E-state index is -1.16. The van der Waals surface area contributed by atoms with Crippen molar-refractivity contribution in [2.75, 3.05) is 20.7 Å². The average molecular weight is 225 g/mol. The van der Waals surface area contributed by atoms with E-state index in [1.807, 2.05) is 7.05 Å². The third-order valence-corrected chi connectivity index (χ3v) is 2.25. The molecule has 1 aromatic rings. The number of aromatic hydroxyl groups is 1. The van der Waals surface area contributed by atoms with E-state index in [1.165, 1.54) is 13.2 Å². The Morgan fingerprint density at radius 2 is 2.19 bits per heavy atom. The number of likely N-dealkylation sites (N-methyl/N-ethyl adjacent to an activating group) is 1. The highest BCUT2D eigenvalue weighted by molar-refractivity contribution is 5.92. The van der Waals surface area contributed by atoms with Gasteiger partial charge in [-0.1, -0.05) is 0 Å². The van der Waals surface area contributed by atoms with Crippen LogP contribution in [0.15, 0.2) is 12.1 Å². The number of carboxylic acids is 1. The lowest BCUT2D eigenvalue weighted by Crippen LogP contribution is -2.11. The topological polar surface area (TPSA) is 78.8 Å². The number of ether oxygens (including phenoxy) is 1. The predicted octanol–water partition coefficient (Wildman–Crippen LogP) is 0.861. The smallest absolute Gasteiger partial charge is 0.339 e. The number of nitrogens with one attached hydrogen (secondary N) is 1. The van der Waals surface area contributed by atoms with Crippen molar-refractivity contribution >= 4 is 5.97 Å². The number of hydrogen-bond donors (Lipinski definition) is 3. The monoisotopic (exact) mass is 225 g/mol. The molecule has 16 heavy (non-hydrogen) atoms. The maximum Gasteiger partial charge on any atom is 0.339 e. The van der Waals surface area contributed by atoms with Gasteiger partial charge < -0.3 is 20.3 Å². The normalized spacial score (nSPS) is 10.1. The van der Waals surface area contributed by atoms with Gasteiger partial charge in [-0.3, -0.25) is 0 Å². The van der Waals surface area contributed by atoms with Crippen LogP contribution in [-0.2, 0) is 6.42 Å². The van der Waals surface area contributed by atoms with E-state index in [-0.39, 0.29) is 17.1 Å². The van der Waals surface area contributed by atoms with Crippen LogP contribution in [0.1, 0.15) is 15.9 Å². The Bertz CT molecular complexity index is 390. The van der Waals surface area contributed by atoms with Crippen molar-refractivity contribution in [1.29, 1.82) is 0 Å². The second-order valence-corrected chi connectivity index (χ2v) is 3.35. The van der Waals surface area contributed by atoms with Gasteiger partial charge in [0.1, 0.15) is 5.56 Å². The second kappa shape index (κ2) is 5.37. The lowest BCUT2D eigenvalue weighted by molar-refractivity contribution is 0.0693. The van der Waals surface area contributed by atoms with Crippen LogP contribution >= 0.6 is 0 Å². The number of hydrogen-bond acceptors (Lipinski definition) is 4. The molecule has 0 fully saturated rings. The highest BCUT2D eigenvalue weighted by Gasteiger charge is 2.15. The molecule has 0 heterocycles. The molecular weight excluding hydrogens is 210 g/mol. The molecule has 1 aromatic carbocycles. The molecule has 0 saturated carbocycles. The molecule has 0 aliphatic heterocycles. The first-order valence-electron chi connectivity index (χ1n) is 4.88. The summed E-state index contributed by atoms with van der Waals surface area (Å²) in [5.41, 5.74) is 0.673. The lowest BCUT2D eigenvalue weighted by atomic mass is 10.1. The number of benzene rings is 1. The Morgan fingerprint density at radius 3 is 2.69 bits per heavy atom. The minimum Gasteiger partial charge on any atom is -0.504 e. The van der Waals surface area contributed by atoms with Crippen LogP contribution in [0.3, 0.4) is 0 Å². The van der Waals surface area contributed by atoms with Gasteiger partial charge in [0, 0.05) is 0 Å². The fraction of sp³-hybridized carbons (Fsp3) is 0.364. The van der Waals surface area contributed by atoms with Gasteiger partial charge in [0.2, 0.25) is 0 Å². The lowest BCUT2D eigenvalue weighted by Gasteiger charge is -2.09. The molecule has 0 radical (unpaired) electrons. The summed E-state index contributed by atoms with van der Waals surface area (Å²) in [6, 6.07) is 3.09. The molecule has 0 aromatic heterocycles. The second-order valence-electron chi connectivity index (χ2n) is 3.35. The van der Waals surface area contributed by atoms with E-state index in [0.717, 1.165) is 12.1 Å². The Hall–Kier alpha value is -1.75. The summed E-state index contributed by atoms with van der Waals surface area (Å²) in [5.74, 6) is -1.31. The van der Waals surface area contributed by atoms with Crippen molar-refractivity contribution in [2.24, 2.45) is 0 Å². The molecule has 0 saturated heterocycles. The molecule has 0 aliphatic rings. The molecule has 0 atom stereocenters. The Morgan fingerprint density at radius 1 is 1.50 bits per heavy atom. The Balaban J connectivity index is 3.12. The molecule has 5 heteroatoms. The van der Waals surface area contributed by atoms with E-state index < -0.39 is 5.97 Å². The first-order chi connectivity index (χ1) is 7.60. The van der Waals surface area contributed by atoms with Crippen molar-refractivity contribution in [3.05, 3.63) is 23.3 Å². The summed E-state index contributed by atoms with van der Waals surface area (Å²) < 4.78 is 4.92. The quantitative estimate of drug-likeness (QED) is 0.692. The fourth-order valence-corrected chi connectivity index (χ4v) is 1.40.